The molecule has 1 aromatic heterocycles. The molecular weight excluding hydrogens is 249 g/mol. The molecule has 18 heavy (non-hydrogen) atoms. The molecule has 1 heterocycles. The Morgan fingerprint density at radius 2 is 2.00 bits per heavy atom. The fourth-order valence-electron chi connectivity index (χ4n) is 1.92. The lowest BCUT2D eigenvalue weighted by molar-refractivity contribution is 0.622. The van der Waals surface area contributed by atoms with Gasteiger partial charge in [-0.05, 0) is 47.6 Å². The molecule has 0 saturated heterocycles. The number of halogens is 1. The summed E-state index contributed by atoms with van der Waals surface area (Å²) in [6, 6.07) is 4.50. The van der Waals surface area contributed by atoms with Crippen LogP contribution >= 0.6 is 11.5 Å². The van der Waals surface area contributed by atoms with E-state index in [0.29, 0.717) is 0 Å². The Balaban J connectivity index is 2.41. The van der Waals surface area contributed by atoms with Crippen molar-refractivity contribution in [3.05, 3.63) is 45.7 Å². The Hall–Kier alpha value is -1.33. The maximum absolute atomic E-state index is 13.4. The second kappa shape index (κ2) is 5.12. The van der Waals surface area contributed by atoms with E-state index in [0.717, 1.165) is 21.7 Å². The molecule has 1 aromatic carbocycles. The fraction of sp³-hybridized carbons (Fsp3) is 0.385. The van der Waals surface area contributed by atoms with Crippen LogP contribution in [0.1, 0.15) is 47.5 Å². The predicted molar refractivity (Wildman–Crippen MR) is 71.2 cm³/mol. The molecule has 2 rings (SSSR count). The lowest BCUT2D eigenvalue weighted by Gasteiger charge is -2.13. The molecule has 0 aliphatic rings. The van der Waals surface area contributed by atoms with Crippen molar-refractivity contribution in [2.45, 2.75) is 32.7 Å². The van der Waals surface area contributed by atoms with Crippen LogP contribution in [-0.2, 0) is 0 Å². The molecule has 2 N–H and O–H groups in total. The molecule has 1 atom stereocenters. The van der Waals surface area contributed by atoms with Crippen molar-refractivity contribution in [3.63, 3.8) is 0 Å². The van der Waals surface area contributed by atoms with Crippen LogP contribution in [0.5, 0.6) is 0 Å². The highest BCUT2D eigenvalue weighted by Crippen LogP contribution is 2.29. The molecule has 0 amide bonds. The number of rotatable bonds is 3. The first-order valence-electron chi connectivity index (χ1n) is 5.84. The lowest BCUT2D eigenvalue weighted by Crippen LogP contribution is -2.13. The number of nitrogens with zero attached hydrogens (tertiary/aromatic N) is 2. The SMILES string of the molecule is Cc1cc(F)cc(C(N)c2snnc2C(C)C)c1. The Bertz CT molecular complexity index is 531. The number of benzene rings is 1. The van der Waals surface area contributed by atoms with Crippen LogP contribution in [0.25, 0.3) is 0 Å². The molecule has 0 bridgehead atoms. The van der Waals surface area contributed by atoms with E-state index in [-0.39, 0.29) is 17.8 Å². The number of aromatic nitrogens is 2. The molecule has 3 nitrogen and oxygen atoms in total. The maximum atomic E-state index is 13.4. The van der Waals surface area contributed by atoms with Gasteiger partial charge in [0.2, 0.25) is 0 Å². The third-order valence-corrected chi connectivity index (χ3v) is 3.62. The second-order valence-corrected chi connectivity index (χ2v) is 5.50. The highest BCUT2D eigenvalue weighted by Gasteiger charge is 2.20. The first kappa shape index (κ1) is 13.1. The average molecular weight is 265 g/mol. The molecule has 96 valence electrons. The van der Waals surface area contributed by atoms with Crippen molar-refractivity contribution in [2.75, 3.05) is 0 Å². The summed E-state index contributed by atoms with van der Waals surface area (Å²) in [6.07, 6.45) is 0. The van der Waals surface area contributed by atoms with Crippen LogP contribution in [0.4, 0.5) is 4.39 Å². The van der Waals surface area contributed by atoms with E-state index in [4.69, 9.17) is 5.73 Å². The van der Waals surface area contributed by atoms with Gasteiger partial charge in [0, 0.05) is 0 Å². The summed E-state index contributed by atoms with van der Waals surface area (Å²) in [7, 11) is 0. The molecule has 0 spiro atoms. The molecule has 5 heteroatoms. The van der Waals surface area contributed by atoms with E-state index in [1.807, 2.05) is 26.8 Å². The van der Waals surface area contributed by atoms with E-state index >= 15 is 0 Å². The third-order valence-electron chi connectivity index (χ3n) is 2.79. The van der Waals surface area contributed by atoms with Crippen molar-refractivity contribution in [1.82, 2.24) is 9.59 Å². The van der Waals surface area contributed by atoms with Crippen molar-refractivity contribution in [2.24, 2.45) is 5.73 Å². The minimum absolute atomic E-state index is 0.260. The molecule has 0 fully saturated rings. The van der Waals surface area contributed by atoms with Gasteiger partial charge in [-0.3, -0.25) is 0 Å². The van der Waals surface area contributed by atoms with E-state index in [2.05, 4.69) is 9.59 Å². The molecule has 2 aromatic rings. The Labute approximate surface area is 110 Å². The van der Waals surface area contributed by atoms with Gasteiger partial charge in [-0.25, -0.2) is 4.39 Å². The van der Waals surface area contributed by atoms with Crippen molar-refractivity contribution >= 4 is 11.5 Å². The van der Waals surface area contributed by atoms with Gasteiger partial charge >= 0.3 is 0 Å². The normalized spacial score (nSPS) is 13.0. The summed E-state index contributed by atoms with van der Waals surface area (Å²) in [5.74, 6) is 0.00322. The Morgan fingerprint density at radius 1 is 1.28 bits per heavy atom. The first-order chi connectivity index (χ1) is 8.49. The monoisotopic (exact) mass is 265 g/mol. The highest BCUT2D eigenvalue weighted by atomic mass is 32.1. The van der Waals surface area contributed by atoms with Crippen LogP contribution in [0.15, 0.2) is 18.2 Å². The quantitative estimate of drug-likeness (QED) is 0.927. The Kier molecular flexibility index (Phi) is 3.73. The molecular formula is C13H16FN3S. The smallest absolute Gasteiger partial charge is 0.123 e. The molecule has 0 aliphatic carbocycles. The average Bonchev–Trinajstić information content (AvgIpc) is 2.75. The second-order valence-electron chi connectivity index (χ2n) is 4.72. The summed E-state index contributed by atoms with van der Waals surface area (Å²) in [4.78, 5) is 0.912. The zero-order chi connectivity index (χ0) is 13.3. The summed E-state index contributed by atoms with van der Waals surface area (Å²) in [5.41, 5.74) is 8.73. The minimum atomic E-state index is -0.364. The van der Waals surface area contributed by atoms with E-state index in [9.17, 15) is 4.39 Å². The van der Waals surface area contributed by atoms with Crippen LogP contribution in [0.3, 0.4) is 0 Å². The van der Waals surface area contributed by atoms with Crippen LogP contribution in [0.2, 0.25) is 0 Å². The van der Waals surface area contributed by atoms with E-state index < -0.39 is 0 Å². The van der Waals surface area contributed by atoms with Gasteiger partial charge in [-0.15, -0.1) is 5.10 Å². The standard InChI is InChI=1S/C13H16FN3S/c1-7(2)12-13(18-17-16-12)11(15)9-4-8(3)5-10(14)6-9/h4-7,11H,15H2,1-3H3. The summed E-state index contributed by atoms with van der Waals surface area (Å²) in [5, 5.41) is 4.10. The maximum Gasteiger partial charge on any atom is 0.123 e. The van der Waals surface area contributed by atoms with Gasteiger partial charge in [-0.2, -0.15) is 0 Å². The van der Waals surface area contributed by atoms with Gasteiger partial charge in [0.15, 0.2) is 0 Å². The molecule has 0 saturated carbocycles. The predicted octanol–water partition coefficient (Wildman–Crippen LogP) is 3.16. The first-order valence-corrected chi connectivity index (χ1v) is 6.61. The summed E-state index contributed by atoms with van der Waals surface area (Å²) in [6.45, 7) is 5.95. The largest absolute Gasteiger partial charge is 0.319 e. The topological polar surface area (TPSA) is 51.8 Å². The molecule has 0 radical (unpaired) electrons. The zero-order valence-electron chi connectivity index (χ0n) is 10.6. The minimum Gasteiger partial charge on any atom is -0.319 e. The molecule has 0 aliphatic heterocycles. The van der Waals surface area contributed by atoms with Crippen LogP contribution < -0.4 is 5.73 Å². The van der Waals surface area contributed by atoms with Gasteiger partial charge in [0.25, 0.3) is 0 Å². The zero-order valence-corrected chi connectivity index (χ0v) is 11.5. The number of aryl methyl sites for hydroxylation is 1. The van der Waals surface area contributed by atoms with Crippen LogP contribution in [-0.4, -0.2) is 9.59 Å². The van der Waals surface area contributed by atoms with Crippen molar-refractivity contribution in [1.29, 1.82) is 0 Å². The van der Waals surface area contributed by atoms with Gasteiger partial charge in [-0.1, -0.05) is 24.4 Å². The lowest BCUT2D eigenvalue weighted by atomic mass is 9.99. The van der Waals surface area contributed by atoms with E-state index in [1.54, 1.807) is 0 Å². The third kappa shape index (κ3) is 2.57. The number of hydrogen-bond donors (Lipinski definition) is 1. The fourth-order valence-corrected chi connectivity index (χ4v) is 2.75. The number of nitrogens with two attached hydrogens (primary N) is 1. The van der Waals surface area contributed by atoms with Crippen molar-refractivity contribution in [3.8, 4) is 0 Å². The van der Waals surface area contributed by atoms with Crippen LogP contribution in [0, 0.1) is 12.7 Å². The molecule has 1 unspecified atom stereocenters. The Morgan fingerprint density at radius 3 is 2.61 bits per heavy atom. The van der Waals surface area contributed by atoms with Gasteiger partial charge in [0.05, 0.1) is 16.6 Å². The highest BCUT2D eigenvalue weighted by molar-refractivity contribution is 7.05. The number of hydrogen-bond acceptors (Lipinski definition) is 4. The van der Waals surface area contributed by atoms with E-state index in [1.165, 1.54) is 23.7 Å². The summed E-state index contributed by atoms with van der Waals surface area (Å²) >= 11 is 1.28. The van der Waals surface area contributed by atoms with Gasteiger partial charge in [0.1, 0.15) is 5.82 Å². The van der Waals surface area contributed by atoms with Crippen molar-refractivity contribution < 1.29 is 4.39 Å². The summed E-state index contributed by atoms with van der Waals surface area (Å²) < 4.78 is 17.4. The van der Waals surface area contributed by atoms with Gasteiger partial charge < -0.3 is 5.73 Å².